The fraction of sp³-hybridized carbons (Fsp3) is 0.0833. The summed E-state index contributed by atoms with van der Waals surface area (Å²) in [7, 11) is 1.54. The van der Waals surface area contributed by atoms with Crippen LogP contribution in [0, 0.1) is 3.57 Å². The third-order valence-corrected chi connectivity index (χ3v) is 6.73. The van der Waals surface area contributed by atoms with Crippen molar-refractivity contribution in [2.45, 2.75) is 11.8 Å². The Morgan fingerprint density at radius 3 is 2.70 bits per heavy atom. The molecule has 0 atom stereocenters. The molecule has 4 rings (SSSR count). The fourth-order valence-corrected chi connectivity index (χ4v) is 4.86. The second-order valence-corrected chi connectivity index (χ2v) is 9.49. The van der Waals surface area contributed by atoms with Gasteiger partial charge in [-0.2, -0.15) is 0 Å². The van der Waals surface area contributed by atoms with Crippen molar-refractivity contribution < 1.29 is 19.4 Å². The summed E-state index contributed by atoms with van der Waals surface area (Å²) < 4.78 is 12.3. The molecular formula is C24H18ClIN2O4S. The number of carbonyl (C=O) groups is 1. The lowest BCUT2D eigenvalue weighted by Gasteiger charge is -2.14. The van der Waals surface area contributed by atoms with E-state index in [-0.39, 0.29) is 11.5 Å². The smallest absolute Gasteiger partial charge is 0.342 e. The first-order chi connectivity index (χ1) is 15.9. The number of H-pyrrole nitrogens is 1. The third kappa shape index (κ3) is 5.63. The first-order valence-corrected chi connectivity index (χ1v) is 12.0. The first-order valence-electron chi connectivity index (χ1n) is 9.76. The number of methoxy groups -OCH3 is 1. The summed E-state index contributed by atoms with van der Waals surface area (Å²) in [5, 5.41) is 10.9. The van der Waals surface area contributed by atoms with Crippen molar-refractivity contribution in [3.05, 3.63) is 85.3 Å². The van der Waals surface area contributed by atoms with Crippen LogP contribution in [-0.2, 0) is 11.4 Å². The number of aromatic nitrogens is 2. The van der Waals surface area contributed by atoms with Gasteiger partial charge in [0.15, 0.2) is 16.7 Å². The molecule has 4 aromatic rings. The molecule has 0 aliphatic rings. The van der Waals surface area contributed by atoms with Crippen LogP contribution in [0.4, 0.5) is 0 Å². The number of rotatable bonds is 8. The topological polar surface area (TPSA) is 84.4 Å². The van der Waals surface area contributed by atoms with E-state index < -0.39 is 5.97 Å². The van der Waals surface area contributed by atoms with E-state index in [4.69, 9.17) is 21.1 Å². The SMILES string of the molecule is COc1cc(/C=C(\Sc2nc3ccccc3[nH]2)C(=O)O)cc(I)c1OCc1ccccc1Cl. The zero-order valence-electron chi connectivity index (χ0n) is 17.3. The maximum absolute atomic E-state index is 11.9. The van der Waals surface area contributed by atoms with Gasteiger partial charge in [-0.25, -0.2) is 9.78 Å². The minimum absolute atomic E-state index is 0.122. The number of thioether (sulfide) groups is 1. The number of halogens is 2. The van der Waals surface area contributed by atoms with Crippen molar-refractivity contribution in [2.24, 2.45) is 0 Å². The van der Waals surface area contributed by atoms with Crippen LogP contribution in [0.1, 0.15) is 11.1 Å². The van der Waals surface area contributed by atoms with Crippen LogP contribution in [0.5, 0.6) is 11.5 Å². The van der Waals surface area contributed by atoms with Gasteiger partial charge in [0.1, 0.15) is 11.5 Å². The molecule has 6 nitrogen and oxygen atoms in total. The standard InChI is InChI=1S/C24H18ClIN2O4S/c1-31-20-11-14(10-17(26)22(20)32-13-15-6-2-3-7-16(15)25)12-21(23(29)30)33-24-27-18-8-4-5-9-19(18)28-24/h2-12H,13H2,1H3,(H,27,28)(H,29,30)/b21-12-. The van der Waals surface area contributed by atoms with Crippen molar-refractivity contribution in [3.63, 3.8) is 0 Å². The van der Waals surface area contributed by atoms with Gasteiger partial charge < -0.3 is 19.6 Å². The molecule has 0 saturated carbocycles. The van der Waals surface area contributed by atoms with E-state index in [1.165, 1.54) is 0 Å². The quantitative estimate of drug-likeness (QED) is 0.136. The molecule has 0 spiro atoms. The molecule has 33 heavy (non-hydrogen) atoms. The summed E-state index contributed by atoms with van der Waals surface area (Å²) in [5.41, 5.74) is 3.15. The monoisotopic (exact) mass is 592 g/mol. The Bertz CT molecular complexity index is 1320. The lowest BCUT2D eigenvalue weighted by atomic mass is 10.2. The molecule has 0 fully saturated rings. The summed E-state index contributed by atoms with van der Waals surface area (Å²) >= 11 is 9.42. The molecule has 2 N–H and O–H groups in total. The predicted octanol–water partition coefficient (Wildman–Crippen LogP) is 6.63. The van der Waals surface area contributed by atoms with Crippen LogP contribution in [0.2, 0.25) is 5.02 Å². The molecule has 9 heteroatoms. The number of ether oxygens (including phenoxy) is 2. The van der Waals surface area contributed by atoms with Crippen LogP contribution < -0.4 is 9.47 Å². The number of para-hydroxylation sites is 2. The van der Waals surface area contributed by atoms with Gasteiger partial charge in [0.05, 0.1) is 21.7 Å². The molecule has 1 heterocycles. The molecule has 168 valence electrons. The van der Waals surface area contributed by atoms with Gasteiger partial charge in [0.2, 0.25) is 0 Å². The van der Waals surface area contributed by atoms with E-state index in [1.807, 2.05) is 54.6 Å². The zero-order chi connectivity index (χ0) is 23.4. The number of nitrogens with one attached hydrogen (secondary N) is 1. The number of benzene rings is 3. The van der Waals surface area contributed by atoms with Gasteiger partial charge in [-0.3, -0.25) is 0 Å². The molecule has 0 radical (unpaired) electrons. The van der Waals surface area contributed by atoms with Gasteiger partial charge in [0, 0.05) is 10.6 Å². The average Bonchev–Trinajstić information content (AvgIpc) is 3.21. The minimum Gasteiger partial charge on any atom is -0.493 e. The summed E-state index contributed by atoms with van der Waals surface area (Å²) in [6.07, 6.45) is 1.59. The molecular weight excluding hydrogens is 575 g/mol. The highest BCUT2D eigenvalue weighted by molar-refractivity contribution is 14.1. The lowest BCUT2D eigenvalue weighted by Crippen LogP contribution is -2.01. The third-order valence-electron chi connectivity index (χ3n) is 4.66. The van der Waals surface area contributed by atoms with E-state index >= 15 is 0 Å². The zero-order valence-corrected chi connectivity index (χ0v) is 21.1. The summed E-state index contributed by atoms with van der Waals surface area (Å²) in [6.45, 7) is 0.281. The maximum atomic E-state index is 11.9. The summed E-state index contributed by atoms with van der Waals surface area (Å²) in [6, 6.07) is 18.6. The molecule has 0 aliphatic heterocycles. The highest BCUT2D eigenvalue weighted by atomic mass is 127. The Labute approximate surface area is 213 Å². The Balaban J connectivity index is 1.60. The average molecular weight is 593 g/mol. The van der Waals surface area contributed by atoms with Crippen molar-refractivity contribution in [1.29, 1.82) is 0 Å². The second kappa shape index (κ2) is 10.5. The first kappa shape index (κ1) is 23.5. The van der Waals surface area contributed by atoms with Crippen molar-refractivity contribution in [1.82, 2.24) is 9.97 Å². The van der Waals surface area contributed by atoms with E-state index in [0.29, 0.717) is 27.2 Å². The van der Waals surface area contributed by atoms with Crippen LogP contribution in [0.15, 0.2) is 70.7 Å². The molecule has 0 unspecified atom stereocenters. The normalized spacial score (nSPS) is 11.5. The molecule has 0 bridgehead atoms. The van der Waals surface area contributed by atoms with Gasteiger partial charge in [-0.05, 0) is 76.3 Å². The Kier molecular flexibility index (Phi) is 7.46. The van der Waals surface area contributed by atoms with Crippen LogP contribution in [-0.4, -0.2) is 28.2 Å². The second-order valence-electron chi connectivity index (χ2n) is 6.89. The summed E-state index contributed by atoms with van der Waals surface area (Å²) in [5.74, 6) is 0.0177. The number of imidazole rings is 1. The van der Waals surface area contributed by atoms with Gasteiger partial charge in [-0.15, -0.1) is 0 Å². The Hall–Kier alpha value is -2.69. The number of aliphatic carboxylic acids is 1. The van der Waals surface area contributed by atoms with Crippen molar-refractivity contribution >= 4 is 69.0 Å². The van der Waals surface area contributed by atoms with E-state index in [0.717, 1.165) is 31.9 Å². The number of carboxylic acids is 1. The number of hydrogen-bond donors (Lipinski definition) is 2. The number of fused-ring (bicyclic) bond motifs is 1. The Morgan fingerprint density at radius 1 is 1.21 bits per heavy atom. The van der Waals surface area contributed by atoms with Crippen molar-refractivity contribution in [2.75, 3.05) is 7.11 Å². The molecule has 0 aliphatic carbocycles. The van der Waals surface area contributed by atoms with Crippen LogP contribution >= 0.6 is 46.0 Å². The van der Waals surface area contributed by atoms with Gasteiger partial charge >= 0.3 is 5.97 Å². The summed E-state index contributed by atoms with van der Waals surface area (Å²) in [4.78, 5) is 19.6. The number of aromatic amines is 1. The molecule has 0 amide bonds. The van der Waals surface area contributed by atoms with E-state index in [9.17, 15) is 9.90 Å². The van der Waals surface area contributed by atoms with Gasteiger partial charge in [-0.1, -0.05) is 41.9 Å². The molecule has 3 aromatic carbocycles. The van der Waals surface area contributed by atoms with Gasteiger partial charge in [0.25, 0.3) is 0 Å². The number of hydrogen-bond acceptors (Lipinski definition) is 5. The number of carboxylic acid groups (broad SMARTS) is 1. The minimum atomic E-state index is -1.05. The van der Waals surface area contributed by atoms with E-state index in [2.05, 4.69) is 32.6 Å². The van der Waals surface area contributed by atoms with Crippen molar-refractivity contribution in [3.8, 4) is 11.5 Å². The number of nitrogens with zero attached hydrogens (tertiary/aromatic N) is 1. The molecule has 1 aromatic heterocycles. The highest BCUT2D eigenvalue weighted by Gasteiger charge is 2.16. The fourth-order valence-electron chi connectivity index (χ4n) is 3.10. The van der Waals surface area contributed by atoms with E-state index in [1.54, 1.807) is 19.3 Å². The van der Waals surface area contributed by atoms with Crippen LogP contribution in [0.3, 0.4) is 0 Å². The van der Waals surface area contributed by atoms with Crippen LogP contribution in [0.25, 0.3) is 17.1 Å². The highest BCUT2D eigenvalue weighted by Crippen LogP contribution is 2.37. The maximum Gasteiger partial charge on any atom is 0.342 e. The predicted molar refractivity (Wildman–Crippen MR) is 139 cm³/mol. The Morgan fingerprint density at radius 2 is 1.97 bits per heavy atom. The largest absolute Gasteiger partial charge is 0.493 e. The lowest BCUT2D eigenvalue weighted by molar-refractivity contribution is -0.131. The molecule has 0 saturated heterocycles.